The first-order valence-corrected chi connectivity index (χ1v) is 7.21. The summed E-state index contributed by atoms with van der Waals surface area (Å²) in [5.41, 5.74) is -0.987. The smallest absolute Gasteiger partial charge is 0.331 e. The maximum Gasteiger partial charge on any atom is 0.331 e. The van der Waals surface area contributed by atoms with Gasteiger partial charge in [0.1, 0.15) is 24.0 Å². The molecule has 1 aromatic heterocycles. The Balaban J connectivity index is 2.17. The van der Waals surface area contributed by atoms with Crippen LogP contribution in [-0.4, -0.2) is 15.0 Å². The van der Waals surface area contributed by atoms with Gasteiger partial charge >= 0.3 is 5.69 Å². The lowest BCUT2D eigenvalue weighted by molar-refractivity contribution is -0.121. The van der Waals surface area contributed by atoms with E-state index in [1.54, 1.807) is 13.0 Å². The number of nitrogens with zero attached hydrogens (tertiary/aromatic N) is 3. The summed E-state index contributed by atoms with van der Waals surface area (Å²) >= 11 is 0. The van der Waals surface area contributed by atoms with Gasteiger partial charge in [0.25, 0.3) is 5.56 Å². The van der Waals surface area contributed by atoms with E-state index in [0.29, 0.717) is 5.56 Å². The summed E-state index contributed by atoms with van der Waals surface area (Å²) in [6.45, 7) is 1.60. The average Bonchev–Trinajstić information content (AvgIpc) is 2.58. The van der Waals surface area contributed by atoms with Crippen molar-refractivity contribution >= 4 is 5.91 Å². The molecular weight excluding hydrogens is 315 g/mol. The first-order valence-electron chi connectivity index (χ1n) is 7.21. The van der Waals surface area contributed by atoms with E-state index in [0.717, 1.165) is 4.57 Å². The van der Waals surface area contributed by atoms with Gasteiger partial charge in [0.2, 0.25) is 5.91 Å². The van der Waals surface area contributed by atoms with Crippen molar-refractivity contribution in [1.82, 2.24) is 14.5 Å². The fourth-order valence-corrected chi connectivity index (χ4v) is 2.10. The highest BCUT2D eigenvalue weighted by Gasteiger charge is 2.13. The normalized spacial score (nSPS) is 10.2. The number of nitriles is 1. The van der Waals surface area contributed by atoms with Crippen LogP contribution in [0.15, 0.2) is 40.1 Å². The molecule has 1 N–H and O–H groups in total. The van der Waals surface area contributed by atoms with Gasteiger partial charge in [0.05, 0.1) is 0 Å². The molecular formula is C16H15FN4O3. The molecule has 124 valence electrons. The van der Waals surface area contributed by atoms with Crippen LogP contribution in [-0.2, 0) is 24.4 Å². The summed E-state index contributed by atoms with van der Waals surface area (Å²) in [6.07, 6.45) is 1.18. The molecule has 0 fully saturated rings. The predicted octanol–water partition coefficient (Wildman–Crippen LogP) is 0.357. The molecule has 1 heterocycles. The minimum absolute atomic E-state index is 0.133. The molecule has 8 heteroatoms. The molecule has 0 atom stereocenters. The standard InChI is InChI=1S/C16H15FN4O3/c1-2-20-9-12(7-18)15(23)21(16(20)24)10-14(22)19-8-11-3-5-13(17)6-4-11/h3-6,9H,2,8,10H2,1H3,(H,19,22). The van der Waals surface area contributed by atoms with Gasteiger partial charge in [-0.05, 0) is 24.6 Å². The van der Waals surface area contributed by atoms with Gasteiger partial charge in [-0.3, -0.25) is 14.2 Å². The Morgan fingerprint density at radius 1 is 1.29 bits per heavy atom. The highest BCUT2D eigenvalue weighted by molar-refractivity contribution is 5.75. The second-order valence-electron chi connectivity index (χ2n) is 5.02. The number of amides is 1. The molecule has 24 heavy (non-hydrogen) atoms. The number of aryl methyl sites for hydroxylation is 1. The van der Waals surface area contributed by atoms with Crippen LogP contribution in [0.1, 0.15) is 18.1 Å². The number of hydrogen-bond acceptors (Lipinski definition) is 4. The number of nitrogens with one attached hydrogen (secondary N) is 1. The highest BCUT2D eigenvalue weighted by Crippen LogP contribution is 2.01. The number of carbonyl (C=O) groups is 1. The molecule has 1 aromatic carbocycles. The number of benzene rings is 1. The zero-order valence-corrected chi connectivity index (χ0v) is 13.0. The molecule has 0 aliphatic heterocycles. The Kier molecular flexibility index (Phi) is 5.27. The molecule has 0 unspecified atom stereocenters. The molecule has 0 radical (unpaired) electrons. The van der Waals surface area contributed by atoms with Crippen LogP contribution in [0.25, 0.3) is 0 Å². The summed E-state index contributed by atoms with van der Waals surface area (Å²) in [5.74, 6) is -0.943. The van der Waals surface area contributed by atoms with Crippen LogP contribution in [0.2, 0.25) is 0 Å². The Labute approximate surface area is 136 Å². The fraction of sp³-hybridized carbons (Fsp3) is 0.250. The third-order valence-corrected chi connectivity index (χ3v) is 3.40. The van der Waals surface area contributed by atoms with Crippen LogP contribution < -0.4 is 16.6 Å². The number of halogens is 1. The second kappa shape index (κ2) is 7.37. The minimum atomic E-state index is -0.802. The van der Waals surface area contributed by atoms with E-state index in [1.807, 2.05) is 0 Å². The van der Waals surface area contributed by atoms with E-state index < -0.39 is 23.7 Å². The molecule has 0 saturated carbocycles. The summed E-state index contributed by atoms with van der Waals surface area (Å²) in [5, 5.41) is 11.5. The zero-order chi connectivity index (χ0) is 17.7. The van der Waals surface area contributed by atoms with Crippen molar-refractivity contribution < 1.29 is 9.18 Å². The molecule has 0 saturated heterocycles. The summed E-state index contributed by atoms with van der Waals surface area (Å²) < 4.78 is 14.7. The van der Waals surface area contributed by atoms with E-state index in [9.17, 15) is 18.8 Å². The molecule has 0 aliphatic rings. The summed E-state index contributed by atoms with van der Waals surface area (Å²) in [7, 11) is 0. The van der Waals surface area contributed by atoms with Gasteiger partial charge in [-0.25, -0.2) is 13.8 Å². The minimum Gasteiger partial charge on any atom is -0.350 e. The molecule has 7 nitrogen and oxygen atoms in total. The maximum atomic E-state index is 12.8. The topological polar surface area (TPSA) is 96.9 Å². The van der Waals surface area contributed by atoms with Crippen molar-refractivity contribution in [1.29, 1.82) is 5.26 Å². The van der Waals surface area contributed by atoms with E-state index in [1.165, 1.54) is 35.0 Å². The quantitative estimate of drug-likeness (QED) is 0.856. The van der Waals surface area contributed by atoms with E-state index in [4.69, 9.17) is 5.26 Å². The van der Waals surface area contributed by atoms with Crippen molar-refractivity contribution in [2.45, 2.75) is 26.6 Å². The van der Waals surface area contributed by atoms with Crippen molar-refractivity contribution in [3.05, 3.63) is 68.2 Å². The Hall–Kier alpha value is -3.21. The highest BCUT2D eigenvalue weighted by atomic mass is 19.1. The Morgan fingerprint density at radius 2 is 1.96 bits per heavy atom. The third kappa shape index (κ3) is 3.76. The average molecular weight is 330 g/mol. The van der Waals surface area contributed by atoms with Gasteiger partial charge in [0.15, 0.2) is 0 Å². The Morgan fingerprint density at radius 3 is 2.54 bits per heavy atom. The SMILES string of the molecule is CCn1cc(C#N)c(=O)n(CC(=O)NCc2ccc(F)cc2)c1=O. The number of hydrogen-bond donors (Lipinski definition) is 1. The van der Waals surface area contributed by atoms with E-state index in [-0.39, 0.29) is 24.5 Å². The molecule has 0 bridgehead atoms. The van der Waals surface area contributed by atoms with E-state index >= 15 is 0 Å². The van der Waals surface area contributed by atoms with E-state index in [2.05, 4.69) is 5.32 Å². The lowest BCUT2D eigenvalue weighted by atomic mass is 10.2. The van der Waals surface area contributed by atoms with Crippen molar-refractivity contribution in [3.63, 3.8) is 0 Å². The van der Waals surface area contributed by atoms with Gasteiger partial charge < -0.3 is 5.32 Å². The van der Waals surface area contributed by atoms with Crippen LogP contribution in [0.3, 0.4) is 0 Å². The van der Waals surface area contributed by atoms with Gasteiger partial charge in [-0.1, -0.05) is 12.1 Å². The molecule has 0 spiro atoms. The van der Waals surface area contributed by atoms with Gasteiger partial charge in [-0.15, -0.1) is 0 Å². The van der Waals surface area contributed by atoms with Crippen LogP contribution >= 0.6 is 0 Å². The summed E-state index contributed by atoms with van der Waals surface area (Å²) in [6, 6.07) is 7.28. The maximum absolute atomic E-state index is 12.8. The number of carbonyl (C=O) groups excluding carboxylic acids is 1. The Bertz CT molecular complexity index is 907. The number of aromatic nitrogens is 2. The zero-order valence-electron chi connectivity index (χ0n) is 13.0. The van der Waals surface area contributed by atoms with Gasteiger partial charge in [-0.2, -0.15) is 5.26 Å². The fourth-order valence-electron chi connectivity index (χ4n) is 2.10. The van der Waals surface area contributed by atoms with Crippen LogP contribution in [0.4, 0.5) is 4.39 Å². The van der Waals surface area contributed by atoms with Crippen LogP contribution in [0.5, 0.6) is 0 Å². The number of rotatable bonds is 5. The van der Waals surface area contributed by atoms with Gasteiger partial charge in [0, 0.05) is 19.3 Å². The first-order chi connectivity index (χ1) is 11.5. The monoisotopic (exact) mass is 330 g/mol. The molecule has 1 amide bonds. The van der Waals surface area contributed by atoms with Crippen molar-refractivity contribution in [2.24, 2.45) is 0 Å². The summed E-state index contributed by atoms with van der Waals surface area (Å²) in [4.78, 5) is 36.2. The molecule has 2 rings (SSSR count). The van der Waals surface area contributed by atoms with Crippen LogP contribution in [0, 0.1) is 17.1 Å². The molecule has 0 aliphatic carbocycles. The second-order valence-corrected chi connectivity index (χ2v) is 5.02. The third-order valence-electron chi connectivity index (χ3n) is 3.40. The van der Waals surface area contributed by atoms with Crippen molar-refractivity contribution in [3.8, 4) is 6.07 Å². The van der Waals surface area contributed by atoms with Crippen molar-refractivity contribution in [2.75, 3.05) is 0 Å². The predicted molar refractivity (Wildman–Crippen MR) is 83.6 cm³/mol. The largest absolute Gasteiger partial charge is 0.350 e. The lowest BCUT2D eigenvalue weighted by Crippen LogP contribution is -2.44. The molecule has 2 aromatic rings. The first kappa shape index (κ1) is 17.1. The lowest BCUT2D eigenvalue weighted by Gasteiger charge is -2.10.